The lowest BCUT2D eigenvalue weighted by Gasteiger charge is -2.48. The van der Waals surface area contributed by atoms with Crippen LogP contribution in [0.1, 0.15) is 38.5 Å². The van der Waals surface area contributed by atoms with E-state index in [1.807, 2.05) is 0 Å². The first kappa shape index (κ1) is 12.0. The van der Waals surface area contributed by atoms with Gasteiger partial charge in [0.05, 0.1) is 12.0 Å². The fraction of sp³-hybridized carbons (Fsp3) is 0.833. The first-order valence-corrected chi connectivity index (χ1v) is 9.18. The molecule has 1 aliphatic heterocycles. The van der Waals surface area contributed by atoms with Gasteiger partial charge in [0.25, 0.3) is 0 Å². The molecule has 6 unspecified atom stereocenters. The summed E-state index contributed by atoms with van der Waals surface area (Å²) in [5.74, 6) is 2.78. The molecule has 3 heteroatoms. The second kappa shape index (κ2) is 3.24. The average molecular weight is 298 g/mol. The first-order valence-electron chi connectivity index (χ1n) is 8.74. The Hall–Kier alpha value is -0.460. The van der Waals surface area contributed by atoms with Crippen LogP contribution in [-0.2, 0) is 0 Å². The standard InChI is InChI=1S/C18H22N2S/c19-9-12-3-5-16-7-11-2-1-10-8-17(10,12)15-18(11,16)14(16)13(21)4-6-20-15/h4,10-12,14-15,20-21H,1-3,5-8H2/t10?,11?,12?,14?,15-,16?,17+,18?/m1/s1. The largest absolute Gasteiger partial charge is 0.309 e. The third-order valence-electron chi connectivity index (χ3n) is 8.79. The van der Waals surface area contributed by atoms with Crippen LogP contribution in [0, 0.1) is 51.2 Å². The van der Waals surface area contributed by atoms with Gasteiger partial charge in [-0.25, -0.2) is 0 Å². The maximum Gasteiger partial charge on any atom is 0.0662 e. The number of thiol groups is 1. The van der Waals surface area contributed by atoms with Gasteiger partial charge in [0.2, 0.25) is 0 Å². The number of nitrogens with one attached hydrogen (secondary N) is 1. The minimum Gasteiger partial charge on any atom is -0.309 e. The third-order valence-corrected chi connectivity index (χ3v) is 9.23. The van der Waals surface area contributed by atoms with Gasteiger partial charge in [0.15, 0.2) is 0 Å². The van der Waals surface area contributed by atoms with Crippen molar-refractivity contribution in [3.63, 3.8) is 0 Å². The molecule has 6 aliphatic rings. The zero-order chi connectivity index (χ0) is 14.0. The molecule has 0 saturated heterocycles. The van der Waals surface area contributed by atoms with Gasteiger partial charge in [-0.05, 0) is 60.7 Å². The molecule has 0 aromatic rings. The second-order valence-electron chi connectivity index (χ2n) is 8.70. The predicted molar refractivity (Wildman–Crippen MR) is 83.4 cm³/mol. The van der Waals surface area contributed by atoms with Crippen LogP contribution in [0.3, 0.4) is 0 Å². The molecule has 2 bridgehead atoms. The second-order valence-corrected chi connectivity index (χ2v) is 9.22. The number of nitriles is 1. The van der Waals surface area contributed by atoms with E-state index in [9.17, 15) is 5.26 Å². The molecule has 2 nitrogen and oxygen atoms in total. The molecular weight excluding hydrogens is 276 g/mol. The van der Waals surface area contributed by atoms with Crippen LogP contribution >= 0.6 is 12.6 Å². The van der Waals surface area contributed by atoms with E-state index in [1.54, 1.807) is 0 Å². The number of rotatable bonds is 0. The number of nitrogens with zero attached hydrogens (tertiary/aromatic N) is 1. The Labute approximate surface area is 131 Å². The van der Waals surface area contributed by atoms with Crippen LogP contribution in [0.4, 0.5) is 0 Å². The summed E-state index contributed by atoms with van der Waals surface area (Å²) in [6.45, 7) is 0.969. The molecule has 5 saturated carbocycles. The molecule has 5 aliphatic carbocycles. The molecule has 1 heterocycles. The Bertz CT molecular complexity index is 636. The van der Waals surface area contributed by atoms with Crippen molar-refractivity contribution in [2.75, 3.05) is 6.54 Å². The summed E-state index contributed by atoms with van der Waals surface area (Å²) in [4.78, 5) is 1.37. The maximum absolute atomic E-state index is 9.82. The number of allylic oxidation sites excluding steroid dienone is 1. The van der Waals surface area contributed by atoms with Crippen LogP contribution < -0.4 is 5.32 Å². The molecule has 0 amide bonds. The van der Waals surface area contributed by atoms with E-state index in [4.69, 9.17) is 12.6 Å². The van der Waals surface area contributed by atoms with E-state index < -0.39 is 0 Å². The van der Waals surface area contributed by atoms with Crippen LogP contribution in [0.5, 0.6) is 0 Å². The van der Waals surface area contributed by atoms with Gasteiger partial charge < -0.3 is 5.32 Å². The van der Waals surface area contributed by atoms with Crippen molar-refractivity contribution >= 4 is 12.6 Å². The van der Waals surface area contributed by atoms with E-state index in [-0.39, 0.29) is 0 Å². The Morgan fingerprint density at radius 3 is 2.95 bits per heavy atom. The Morgan fingerprint density at radius 1 is 1.24 bits per heavy atom. The minimum atomic E-state index is 0.306. The topological polar surface area (TPSA) is 35.8 Å². The van der Waals surface area contributed by atoms with E-state index in [0.717, 1.165) is 30.7 Å². The van der Waals surface area contributed by atoms with E-state index in [1.165, 1.54) is 37.0 Å². The minimum absolute atomic E-state index is 0.306. The van der Waals surface area contributed by atoms with Gasteiger partial charge in [-0.3, -0.25) is 0 Å². The van der Waals surface area contributed by atoms with Gasteiger partial charge in [0, 0.05) is 29.3 Å². The normalized spacial score (nSPS) is 65.1. The summed E-state index contributed by atoms with van der Waals surface area (Å²) in [5.41, 5.74) is 1.35. The van der Waals surface area contributed by atoms with Gasteiger partial charge in [-0.1, -0.05) is 6.08 Å². The Morgan fingerprint density at radius 2 is 2.10 bits per heavy atom. The summed E-state index contributed by atoms with van der Waals surface area (Å²) in [6, 6.07) is 3.35. The van der Waals surface area contributed by atoms with E-state index in [2.05, 4.69) is 17.5 Å². The molecule has 0 aromatic carbocycles. The predicted octanol–water partition coefficient (Wildman–Crippen LogP) is 3.13. The van der Waals surface area contributed by atoms with Crippen LogP contribution in [0.2, 0.25) is 0 Å². The van der Waals surface area contributed by atoms with E-state index in [0.29, 0.717) is 28.2 Å². The van der Waals surface area contributed by atoms with Crippen molar-refractivity contribution in [3.8, 4) is 6.07 Å². The smallest absolute Gasteiger partial charge is 0.0662 e. The van der Waals surface area contributed by atoms with Gasteiger partial charge >= 0.3 is 0 Å². The Balaban J connectivity index is 1.60. The van der Waals surface area contributed by atoms with Crippen LogP contribution in [0.25, 0.3) is 0 Å². The fourth-order valence-corrected chi connectivity index (χ4v) is 8.82. The molecule has 1 N–H and O–H groups in total. The quantitative estimate of drug-likeness (QED) is 0.674. The first-order chi connectivity index (χ1) is 10.2. The van der Waals surface area contributed by atoms with Crippen molar-refractivity contribution in [3.05, 3.63) is 11.0 Å². The molecule has 5 fully saturated rings. The zero-order valence-electron chi connectivity index (χ0n) is 12.3. The van der Waals surface area contributed by atoms with E-state index >= 15 is 0 Å². The van der Waals surface area contributed by atoms with Crippen molar-refractivity contribution in [2.24, 2.45) is 39.9 Å². The van der Waals surface area contributed by atoms with Crippen molar-refractivity contribution in [2.45, 2.75) is 44.6 Å². The highest BCUT2D eigenvalue weighted by Gasteiger charge is 2.92. The van der Waals surface area contributed by atoms with Crippen LogP contribution in [0.15, 0.2) is 11.0 Å². The average Bonchev–Trinajstić information content (AvgIpc) is 3.31. The lowest BCUT2D eigenvalue weighted by molar-refractivity contribution is 0.0204. The molecule has 6 rings (SSSR count). The fourth-order valence-electron chi connectivity index (χ4n) is 8.26. The third kappa shape index (κ3) is 0.950. The molecule has 110 valence electrons. The Kier molecular flexibility index (Phi) is 1.85. The molecule has 21 heavy (non-hydrogen) atoms. The highest BCUT2D eigenvalue weighted by molar-refractivity contribution is 7.84. The summed E-state index contributed by atoms with van der Waals surface area (Å²) in [7, 11) is 0. The van der Waals surface area contributed by atoms with Gasteiger partial charge in [-0.2, -0.15) is 5.26 Å². The maximum atomic E-state index is 9.82. The summed E-state index contributed by atoms with van der Waals surface area (Å²) >= 11 is 4.90. The molecule has 8 atom stereocenters. The monoisotopic (exact) mass is 298 g/mol. The van der Waals surface area contributed by atoms with Crippen molar-refractivity contribution in [1.29, 1.82) is 5.26 Å². The van der Waals surface area contributed by atoms with Crippen molar-refractivity contribution in [1.82, 2.24) is 5.32 Å². The molecule has 0 aromatic heterocycles. The van der Waals surface area contributed by atoms with Gasteiger partial charge in [-0.15, -0.1) is 12.6 Å². The van der Waals surface area contributed by atoms with Gasteiger partial charge in [0.1, 0.15) is 0 Å². The lowest BCUT2D eigenvalue weighted by atomic mass is 9.58. The highest BCUT2D eigenvalue weighted by atomic mass is 32.1. The van der Waals surface area contributed by atoms with Crippen LogP contribution in [-0.4, -0.2) is 12.6 Å². The summed E-state index contributed by atoms with van der Waals surface area (Å²) in [6.07, 6.45) is 10.3. The highest BCUT2D eigenvalue weighted by Crippen LogP contribution is 2.95. The SMILES string of the molecule is N#CC1CCC23CC4CCC5C[C@@]15[C@H]1NCC=C(S)C2C413. The summed E-state index contributed by atoms with van der Waals surface area (Å²) in [5, 5.41) is 13.8. The molecule has 2 spiro atoms. The molecular formula is C18H22N2S. The van der Waals surface area contributed by atoms with Crippen molar-refractivity contribution < 1.29 is 0 Å². The zero-order valence-corrected chi connectivity index (χ0v) is 13.2. The molecule has 0 radical (unpaired) electrons. The summed E-state index contributed by atoms with van der Waals surface area (Å²) < 4.78 is 0. The lowest BCUT2D eigenvalue weighted by Crippen LogP contribution is -2.54. The number of hydrogen-bond donors (Lipinski definition) is 2. The number of hydrogen-bond acceptors (Lipinski definition) is 3.